The zero-order chi connectivity index (χ0) is 16.1. The van der Waals surface area contributed by atoms with Crippen molar-refractivity contribution in [1.29, 1.82) is 0 Å². The molecule has 0 aromatic heterocycles. The summed E-state index contributed by atoms with van der Waals surface area (Å²) in [5.74, 6) is -0.838. The number of likely N-dealkylation sites (tertiary alicyclic amines) is 1. The lowest BCUT2D eigenvalue weighted by Gasteiger charge is -2.36. The van der Waals surface area contributed by atoms with Gasteiger partial charge < -0.3 is 10.0 Å². The van der Waals surface area contributed by atoms with E-state index in [-0.39, 0.29) is 24.8 Å². The highest BCUT2D eigenvalue weighted by Crippen LogP contribution is 2.27. The Kier molecular flexibility index (Phi) is 6.09. The van der Waals surface area contributed by atoms with Gasteiger partial charge in [-0.2, -0.15) is 0 Å². The molecule has 0 spiro atoms. The molecule has 1 aromatic carbocycles. The average Bonchev–Trinajstić information content (AvgIpc) is 2.50. The smallest absolute Gasteiger partial charge is 0.303 e. The van der Waals surface area contributed by atoms with E-state index >= 15 is 0 Å². The molecule has 4 nitrogen and oxygen atoms in total. The summed E-state index contributed by atoms with van der Waals surface area (Å²) in [6.07, 6.45) is 3.65. The van der Waals surface area contributed by atoms with Crippen LogP contribution in [0, 0.1) is 0 Å². The first kappa shape index (κ1) is 17.1. The van der Waals surface area contributed by atoms with Crippen LogP contribution in [0.1, 0.15) is 37.7 Å². The lowest BCUT2D eigenvalue weighted by atomic mass is 9.97. The highest BCUT2D eigenvalue weighted by Gasteiger charge is 2.27. The summed E-state index contributed by atoms with van der Waals surface area (Å²) in [6.45, 7) is 0.682. The Morgan fingerprint density at radius 2 is 2.05 bits per heavy atom. The van der Waals surface area contributed by atoms with E-state index in [1.54, 1.807) is 18.2 Å². The summed E-state index contributed by atoms with van der Waals surface area (Å²) >= 11 is 12.1. The van der Waals surface area contributed by atoms with Crippen LogP contribution in [-0.4, -0.2) is 34.5 Å². The van der Waals surface area contributed by atoms with E-state index in [9.17, 15) is 9.59 Å². The fourth-order valence-corrected chi connectivity index (χ4v) is 3.26. The maximum Gasteiger partial charge on any atom is 0.303 e. The third kappa shape index (κ3) is 4.37. The number of benzene rings is 1. The molecule has 2 rings (SSSR count). The van der Waals surface area contributed by atoms with Crippen molar-refractivity contribution in [2.24, 2.45) is 0 Å². The molecule has 0 saturated carbocycles. The van der Waals surface area contributed by atoms with Gasteiger partial charge in [-0.1, -0.05) is 35.3 Å². The molecule has 1 atom stereocenters. The molecule has 1 saturated heterocycles. The molecule has 0 aliphatic carbocycles. The molecule has 0 bridgehead atoms. The minimum Gasteiger partial charge on any atom is -0.481 e. The SMILES string of the molecule is O=C(O)CCC1CCCCN1C(=O)Cc1cccc(Cl)c1Cl. The lowest BCUT2D eigenvalue weighted by Crippen LogP contribution is -2.44. The van der Waals surface area contributed by atoms with Crippen molar-refractivity contribution in [3.05, 3.63) is 33.8 Å². The van der Waals surface area contributed by atoms with Crippen molar-refractivity contribution in [3.63, 3.8) is 0 Å². The summed E-state index contributed by atoms with van der Waals surface area (Å²) in [5.41, 5.74) is 0.710. The first-order valence-electron chi connectivity index (χ1n) is 7.43. The van der Waals surface area contributed by atoms with Gasteiger partial charge in [-0.05, 0) is 37.3 Å². The highest BCUT2D eigenvalue weighted by atomic mass is 35.5. The van der Waals surface area contributed by atoms with E-state index in [0.717, 1.165) is 19.3 Å². The van der Waals surface area contributed by atoms with Gasteiger partial charge in [-0.15, -0.1) is 0 Å². The van der Waals surface area contributed by atoms with Crippen molar-refractivity contribution in [2.75, 3.05) is 6.54 Å². The fourth-order valence-electron chi connectivity index (χ4n) is 2.87. The summed E-state index contributed by atoms with van der Waals surface area (Å²) < 4.78 is 0. The number of aliphatic carboxylic acids is 1. The Morgan fingerprint density at radius 3 is 2.77 bits per heavy atom. The van der Waals surface area contributed by atoms with Crippen molar-refractivity contribution in [3.8, 4) is 0 Å². The number of carboxylic acids is 1. The second-order valence-electron chi connectivity index (χ2n) is 5.56. The number of amides is 1. The molecule has 1 aliphatic heterocycles. The zero-order valence-electron chi connectivity index (χ0n) is 12.2. The minimum atomic E-state index is -0.823. The Hall–Kier alpha value is -1.26. The molecule has 6 heteroatoms. The molecule has 1 amide bonds. The molecule has 1 aliphatic rings. The highest BCUT2D eigenvalue weighted by molar-refractivity contribution is 6.42. The van der Waals surface area contributed by atoms with E-state index in [0.29, 0.717) is 28.6 Å². The molecule has 1 N–H and O–H groups in total. The number of halogens is 2. The van der Waals surface area contributed by atoms with Gasteiger partial charge in [-0.3, -0.25) is 9.59 Å². The predicted molar refractivity (Wildman–Crippen MR) is 86.4 cm³/mol. The second-order valence-corrected chi connectivity index (χ2v) is 6.34. The van der Waals surface area contributed by atoms with Crippen molar-refractivity contribution in [2.45, 2.75) is 44.6 Å². The monoisotopic (exact) mass is 343 g/mol. The van der Waals surface area contributed by atoms with Crippen molar-refractivity contribution < 1.29 is 14.7 Å². The Morgan fingerprint density at radius 1 is 1.27 bits per heavy atom. The maximum atomic E-state index is 12.6. The fraction of sp³-hybridized carbons (Fsp3) is 0.500. The van der Waals surface area contributed by atoms with Crippen LogP contribution in [0.5, 0.6) is 0 Å². The van der Waals surface area contributed by atoms with E-state index in [1.807, 2.05) is 4.90 Å². The van der Waals surface area contributed by atoms with E-state index in [4.69, 9.17) is 28.3 Å². The van der Waals surface area contributed by atoms with Gasteiger partial charge in [0.1, 0.15) is 0 Å². The van der Waals surface area contributed by atoms with E-state index in [1.165, 1.54) is 0 Å². The third-order valence-electron chi connectivity index (χ3n) is 4.01. The number of hydrogen-bond acceptors (Lipinski definition) is 2. The summed E-state index contributed by atoms with van der Waals surface area (Å²) in [6, 6.07) is 5.27. The molecule has 22 heavy (non-hydrogen) atoms. The molecule has 1 aromatic rings. The molecule has 1 fully saturated rings. The number of carbonyl (C=O) groups excluding carboxylic acids is 1. The maximum absolute atomic E-state index is 12.6. The number of carboxylic acid groups (broad SMARTS) is 1. The average molecular weight is 344 g/mol. The molecule has 120 valence electrons. The topological polar surface area (TPSA) is 57.6 Å². The number of nitrogens with zero attached hydrogens (tertiary/aromatic N) is 1. The van der Waals surface area contributed by atoms with Gasteiger partial charge in [0.15, 0.2) is 0 Å². The molecule has 0 radical (unpaired) electrons. The predicted octanol–water partition coefficient (Wildman–Crippen LogP) is 3.78. The van der Waals surface area contributed by atoms with Gasteiger partial charge in [0.05, 0.1) is 16.5 Å². The van der Waals surface area contributed by atoms with Crippen LogP contribution < -0.4 is 0 Å². The molecule has 1 unspecified atom stereocenters. The molecular formula is C16H19Cl2NO3. The quantitative estimate of drug-likeness (QED) is 0.884. The largest absolute Gasteiger partial charge is 0.481 e. The first-order chi connectivity index (χ1) is 10.5. The summed E-state index contributed by atoms with van der Waals surface area (Å²) in [7, 11) is 0. The number of piperidine rings is 1. The summed E-state index contributed by atoms with van der Waals surface area (Å²) in [4.78, 5) is 25.1. The molecule has 1 heterocycles. The van der Waals surface area contributed by atoms with Gasteiger partial charge in [0, 0.05) is 19.0 Å². The molecular weight excluding hydrogens is 325 g/mol. The van der Waals surface area contributed by atoms with Crippen molar-refractivity contribution in [1.82, 2.24) is 4.90 Å². The zero-order valence-corrected chi connectivity index (χ0v) is 13.7. The van der Waals surface area contributed by atoms with E-state index < -0.39 is 5.97 Å². The van der Waals surface area contributed by atoms with Crippen LogP contribution in [0.2, 0.25) is 10.0 Å². The summed E-state index contributed by atoms with van der Waals surface area (Å²) in [5, 5.41) is 9.69. The van der Waals surface area contributed by atoms with Crippen LogP contribution >= 0.6 is 23.2 Å². The Balaban J connectivity index is 2.05. The third-order valence-corrected chi connectivity index (χ3v) is 4.87. The van der Waals surface area contributed by atoms with Gasteiger partial charge in [0.2, 0.25) is 5.91 Å². The number of rotatable bonds is 5. The van der Waals surface area contributed by atoms with Crippen LogP contribution in [0.25, 0.3) is 0 Å². The van der Waals surface area contributed by atoms with Crippen LogP contribution in [0.3, 0.4) is 0 Å². The van der Waals surface area contributed by atoms with Crippen LogP contribution in [0.15, 0.2) is 18.2 Å². The van der Waals surface area contributed by atoms with E-state index in [2.05, 4.69) is 0 Å². The van der Waals surface area contributed by atoms with Crippen LogP contribution in [-0.2, 0) is 16.0 Å². The second kappa shape index (κ2) is 7.84. The Labute approximate surface area is 140 Å². The van der Waals surface area contributed by atoms with Gasteiger partial charge in [0.25, 0.3) is 0 Å². The normalized spacial score (nSPS) is 18.3. The standard InChI is InChI=1S/C16H19Cl2NO3/c17-13-6-3-4-11(16(13)18)10-14(20)19-9-2-1-5-12(19)7-8-15(21)22/h3-4,6,12H,1-2,5,7-10H2,(H,21,22). The Bertz CT molecular complexity index is 562. The van der Waals surface area contributed by atoms with Gasteiger partial charge >= 0.3 is 5.97 Å². The lowest BCUT2D eigenvalue weighted by molar-refractivity contribution is -0.139. The first-order valence-corrected chi connectivity index (χ1v) is 8.18. The van der Waals surface area contributed by atoms with Crippen molar-refractivity contribution >= 4 is 35.1 Å². The van der Waals surface area contributed by atoms with Crippen LogP contribution in [0.4, 0.5) is 0 Å². The number of hydrogen-bond donors (Lipinski definition) is 1. The van der Waals surface area contributed by atoms with Gasteiger partial charge in [-0.25, -0.2) is 0 Å². The minimum absolute atomic E-state index is 0.00955. The number of carbonyl (C=O) groups is 2.